The maximum atomic E-state index is 12.6. The Bertz CT molecular complexity index is 1230. The molecule has 0 aromatic heterocycles. The molecule has 162 valence electrons. The Balaban J connectivity index is 1.82. The summed E-state index contributed by atoms with van der Waals surface area (Å²) in [5.74, 6) is -0.342. The van der Waals surface area contributed by atoms with E-state index in [4.69, 9.17) is 23.2 Å². The lowest BCUT2D eigenvalue weighted by molar-refractivity contribution is 0.102. The van der Waals surface area contributed by atoms with Crippen LogP contribution in [0.5, 0.6) is 0 Å². The molecule has 0 saturated heterocycles. The lowest BCUT2D eigenvalue weighted by Crippen LogP contribution is -2.30. The van der Waals surface area contributed by atoms with Gasteiger partial charge in [-0.3, -0.25) is 9.10 Å². The van der Waals surface area contributed by atoms with E-state index < -0.39 is 10.0 Å². The maximum Gasteiger partial charge on any atom is 0.255 e. The number of benzene rings is 3. The summed E-state index contributed by atoms with van der Waals surface area (Å²) >= 11 is 12.1. The predicted molar refractivity (Wildman–Crippen MR) is 128 cm³/mol. The summed E-state index contributed by atoms with van der Waals surface area (Å²) in [7, 11) is -3.50. The molecule has 0 aliphatic carbocycles. The summed E-state index contributed by atoms with van der Waals surface area (Å²) in [6, 6.07) is 17.3. The number of nitrogens with zero attached hydrogens (tertiary/aromatic N) is 1. The van der Waals surface area contributed by atoms with Gasteiger partial charge in [0, 0.05) is 10.6 Å². The van der Waals surface area contributed by atoms with E-state index in [1.54, 1.807) is 42.5 Å². The highest BCUT2D eigenvalue weighted by atomic mass is 35.5. The molecule has 0 aliphatic rings. The number of halogens is 2. The van der Waals surface area contributed by atoms with E-state index in [2.05, 4.69) is 5.32 Å². The second kappa shape index (κ2) is 9.30. The van der Waals surface area contributed by atoms with Crippen molar-refractivity contribution in [2.45, 2.75) is 20.4 Å². The van der Waals surface area contributed by atoms with E-state index in [0.29, 0.717) is 27.0 Å². The molecule has 0 fully saturated rings. The molecule has 31 heavy (non-hydrogen) atoms. The molecule has 3 aromatic carbocycles. The van der Waals surface area contributed by atoms with Crippen molar-refractivity contribution >= 4 is 50.5 Å². The first-order valence-corrected chi connectivity index (χ1v) is 12.1. The molecule has 0 unspecified atom stereocenters. The van der Waals surface area contributed by atoms with Crippen molar-refractivity contribution < 1.29 is 13.2 Å². The number of carbonyl (C=O) groups is 1. The van der Waals surface area contributed by atoms with Gasteiger partial charge in [0.05, 0.1) is 29.2 Å². The molecular formula is C23H22Cl2N2O3S. The van der Waals surface area contributed by atoms with Gasteiger partial charge in [-0.2, -0.15) is 0 Å². The van der Waals surface area contributed by atoms with E-state index in [1.807, 2.05) is 32.0 Å². The number of amides is 1. The summed E-state index contributed by atoms with van der Waals surface area (Å²) in [4.78, 5) is 12.6. The first kappa shape index (κ1) is 23.1. The largest absolute Gasteiger partial charge is 0.321 e. The van der Waals surface area contributed by atoms with E-state index in [0.717, 1.165) is 16.7 Å². The van der Waals surface area contributed by atoms with Crippen LogP contribution in [0.3, 0.4) is 0 Å². The standard InChI is InChI=1S/C23H22Cl2N2O3S/c1-15-4-5-16(2)22(12-15)27(31(3,29)30)14-17-6-8-18(9-7-17)23(28)26-21-13-19(24)10-11-20(21)25/h4-13H,14H2,1-3H3,(H,26,28). The third-order valence-electron chi connectivity index (χ3n) is 4.75. The number of carbonyl (C=O) groups excluding carboxylic acids is 1. The molecule has 8 heteroatoms. The molecule has 0 spiro atoms. The molecular weight excluding hydrogens is 455 g/mol. The smallest absolute Gasteiger partial charge is 0.255 e. The molecule has 0 atom stereocenters. The van der Waals surface area contributed by atoms with Gasteiger partial charge in [0.2, 0.25) is 10.0 Å². The molecule has 3 aromatic rings. The summed E-state index contributed by atoms with van der Waals surface area (Å²) in [5, 5.41) is 3.57. The van der Waals surface area contributed by atoms with Crippen LogP contribution in [0, 0.1) is 13.8 Å². The Morgan fingerprint density at radius 2 is 1.65 bits per heavy atom. The number of hydrogen-bond acceptors (Lipinski definition) is 3. The fourth-order valence-corrected chi connectivity index (χ4v) is 4.36. The van der Waals surface area contributed by atoms with Crippen LogP contribution < -0.4 is 9.62 Å². The highest BCUT2D eigenvalue weighted by Gasteiger charge is 2.20. The normalized spacial score (nSPS) is 11.3. The average Bonchev–Trinajstić information content (AvgIpc) is 2.70. The van der Waals surface area contributed by atoms with E-state index in [-0.39, 0.29) is 12.5 Å². The molecule has 1 N–H and O–H groups in total. The van der Waals surface area contributed by atoms with Gasteiger partial charge in [-0.25, -0.2) is 8.42 Å². The average molecular weight is 477 g/mol. The lowest BCUT2D eigenvalue weighted by atomic mass is 10.1. The lowest BCUT2D eigenvalue weighted by Gasteiger charge is -2.25. The second-order valence-electron chi connectivity index (χ2n) is 7.33. The minimum absolute atomic E-state index is 0.158. The molecule has 0 heterocycles. The van der Waals surface area contributed by atoms with Gasteiger partial charge in [0.1, 0.15) is 0 Å². The molecule has 5 nitrogen and oxygen atoms in total. The van der Waals surface area contributed by atoms with Crippen molar-refractivity contribution in [3.8, 4) is 0 Å². The van der Waals surface area contributed by atoms with Crippen LogP contribution >= 0.6 is 23.2 Å². The first-order chi connectivity index (χ1) is 14.5. The van der Waals surface area contributed by atoms with Crippen LogP contribution in [0.1, 0.15) is 27.0 Å². The van der Waals surface area contributed by atoms with Crippen LogP contribution in [-0.4, -0.2) is 20.6 Å². The first-order valence-electron chi connectivity index (χ1n) is 9.45. The maximum absolute atomic E-state index is 12.6. The number of hydrogen-bond donors (Lipinski definition) is 1. The van der Waals surface area contributed by atoms with Crippen molar-refractivity contribution in [1.82, 2.24) is 0 Å². The van der Waals surface area contributed by atoms with Gasteiger partial charge in [0.25, 0.3) is 5.91 Å². The van der Waals surface area contributed by atoms with Crippen LogP contribution in [0.25, 0.3) is 0 Å². The van der Waals surface area contributed by atoms with Gasteiger partial charge < -0.3 is 5.32 Å². The number of rotatable bonds is 6. The number of sulfonamides is 1. The number of nitrogens with one attached hydrogen (secondary N) is 1. The Kier molecular flexibility index (Phi) is 6.94. The molecule has 0 bridgehead atoms. The van der Waals surface area contributed by atoms with Crippen molar-refractivity contribution in [1.29, 1.82) is 0 Å². The molecule has 0 aliphatic heterocycles. The SMILES string of the molecule is Cc1ccc(C)c(N(Cc2ccc(C(=O)Nc3cc(Cl)ccc3Cl)cc2)S(C)(=O)=O)c1. The highest BCUT2D eigenvalue weighted by Crippen LogP contribution is 2.27. The molecule has 1 amide bonds. The van der Waals surface area contributed by atoms with E-state index in [9.17, 15) is 13.2 Å². The third kappa shape index (κ3) is 5.79. The van der Waals surface area contributed by atoms with Crippen molar-refractivity contribution in [3.63, 3.8) is 0 Å². The van der Waals surface area contributed by atoms with Crippen LogP contribution in [0.2, 0.25) is 10.0 Å². The van der Waals surface area contributed by atoms with Crippen molar-refractivity contribution in [2.24, 2.45) is 0 Å². The molecule has 3 rings (SSSR count). The minimum Gasteiger partial charge on any atom is -0.321 e. The fourth-order valence-electron chi connectivity index (χ4n) is 3.08. The van der Waals surface area contributed by atoms with Gasteiger partial charge >= 0.3 is 0 Å². The van der Waals surface area contributed by atoms with Gasteiger partial charge in [-0.1, -0.05) is 47.5 Å². The minimum atomic E-state index is -3.50. The zero-order valence-corrected chi connectivity index (χ0v) is 19.6. The van der Waals surface area contributed by atoms with E-state index in [1.165, 1.54) is 10.6 Å². The summed E-state index contributed by atoms with van der Waals surface area (Å²) in [6.45, 7) is 3.95. The number of aryl methyl sites for hydroxylation is 2. The highest BCUT2D eigenvalue weighted by molar-refractivity contribution is 7.92. The van der Waals surface area contributed by atoms with E-state index >= 15 is 0 Å². The topological polar surface area (TPSA) is 66.5 Å². The molecule has 0 radical (unpaired) electrons. The quantitative estimate of drug-likeness (QED) is 0.486. The summed E-state index contributed by atoms with van der Waals surface area (Å²) in [5.41, 5.74) is 4.06. The van der Waals surface area contributed by atoms with Crippen LogP contribution in [0.4, 0.5) is 11.4 Å². The Morgan fingerprint density at radius 3 is 2.29 bits per heavy atom. The summed E-state index contributed by atoms with van der Waals surface area (Å²) < 4.78 is 26.3. The van der Waals surface area contributed by atoms with Gasteiger partial charge in [0.15, 0.2) is 0 Å². The van der Waals surface area contributed by atoms with Crippen LogP contribution in [-0.2, 0) is 16.6 Å². The van der Waals surface area contributed by atoms with Crippen molar-refractivity contribution in [3.05, 3.63) is 93.0 Å². The zero-order chi connectivity index (χ0) is 22.8. The summed E-state index contributed by atoms with van der Waals surface area (Å²) in [6.07, 6.45) is 1.19. The number of anilines is 2. The second-order valence-corrected chi connectivity index (χ2v) is 10.1. The van der Waals surface area contributed by atoms with Gasteiger partial charge in [-0.15, -0.1) is 0 Å². The van der Waals surface area contributed by atoms with Crippen LogP contribution in [0.15, 0.2) is 60.7 Å². The molecule has 0 saturated carbocycles. The Hall–Kier alpha value is -2.54. The Morgan fingerprint density at radius 1 is 0.968 bits per heavy atom. The zero-order valence-electron chi connectivity index (χ0n) is 17.3. The Labute approximate surface area is 192 Å². The predicted octanol–water partition coefficient (Wildman–Crippen LogP) is 5.83. The monoisotopic (exact) mass is 476 g/mol. The fraction of sp³-hybridized carbons (Fsp3) is 0.174. The van der Waals surface area contributed by atoms with Gasteiger partial charge in [-0.05, 0) is 66.9 Å². The van der Waals surface area contributed by atoms with Crippen molar-refractivity contribution in [2.75, 3.05) is 15.9 Å². The third-order valence-corrected chi connectivity index (χ3v) is 6.44.